The van der Waals surface area contributed by atoms with E-state index in [0.29, 0.717) is 12.3 Å². The summed E-state index contributed by atoms with van der Waals surface area (Å²) in [6, 6.07) is 9.47. The molecule has 1 aromatic heterocycles. The van der Waals surface area contributed by atoms with Crippen LogP contribution in [0, 0.1) is 0 Å². The van der Waals surface area contributed by atoms with Crippen molar-refractivity contribution in [3.63, 3.8) is 0 Å². The highest BCUT2D eigenvalue weighted by atomic mass is 16.5. The summed E-state index contributed by atoms with van der Waals surface area (Å²) in [5, 5.41) is 7.10. The zero-order valence-corrected chi connectivity index (χ0v) is 12.9. The van der Waals surface area contributed by atoms with Gasteiger partial charge in [0.1, 0.15) is 5.75 Å². The lowest BCUT2D eigenvalue weighted by Gasteiger charge is -2.11. The van der Waals surface area contributed by atoms with Crippen molar-refractivity contribution >= 4 is 5.91 Å². The Morgan fingerprint density at radius 3 is 2.91 bits per heavy atom. The molecule has 0 bridgehead atoms. The van der Waals surface area contributed by atoms with Gasteiger partial charge >= 0.3 is 0 Å². The van der Waals surface area contributed by atoms with E-state index in [4.69, 9.17) is 9.26 Å². The molecule has 0 aliphatic heterocycles. The van der Waals surface area contributed by atoms with Crippen LogP contribution < -0.4 is 10.1 Å². The molecule has 3 rings (SSSR count). The summed E-state index contributed by atoms with van der Waals surface area (Å²) < 4.78 is 10.7. The van der Waals surface area contributed by atoms with E-state index >= 15 is 0 Å². The van der Waals surface area contributed by atoms with Crippen LogP contribution in [0.1, 0.15) is 31.9 Å². The van der Waals surface area contributed by atoms with Gasteiger partial charge in [0.05, 0.1) is 18.2 Å². The maximum absolute atomic E-state index is 12.3. The Bertz CT molecular complexity index is 674. The van der Waals surface area contributed by atoms with Crippen LogP contribution in [0.4, 0.5) is 0 Å². The standard InChI is InChI=1S/C17H20N2O3/c1-3-9-18-16(20)17(7-8-17)15-11-14(22-19-15)12-5-4-6-13(10-12)21-2/h4-6,10-11H,3,7-9H2,1-2H3,(H,18,20). The number of carbonyl (C=O) groups excluding carboxylic acids is 1. The summed E-state index contributed by atoms with van der Waals surface area (Å²) in [6.45, 7) is 2.73. The van der Waals surface area contributed by atoms with Crippen molar-refractivity contribution in [2.75, 3.05) is 13.7 Å². The first-order chi connectivity index (χ1) is 10.7. The van der Waals surface area contributed by atoms with Crippen LogP contribution in [-0.4, -0.2) is 24.7 Å². The molecule has 116 valence electrons. The number of benzene rings is 1. The molecule has 1 saturated carbocycles. The third-order valence-corrected chi connectivity index (χ3v) is 4.07. The Morgan fingerprint density at radius 2 is 2.23 bits per heavy atom. The summed E-state index contributed by atoms with van der Waals surface area (Å²) in [5.41, 5.74) is 1.12. The summed E-state index contributed by atoms with van der Waals surface area (Å²) in [7, 11) is 1.63. The number of nitrogens with zero attached hydrogens (tertiary/aromatic N) is 1. The van der Waals surface area contributed by atoms with Gasteiger partial charge in [-0.05, 0) is 31.4 Å². The van der Waals surface area contributed by atoms with Crippen LogP contribution in [0.2, 0.25) is 0 Å². The van der Waals surface area contributed by atoms with E-state index in [1.807, 2.05) is 37.3 Å². The molecule has 5 heteroatoms. The number of aromatic nitrogens is 1. The van der Waals surface area contributed by atoms with Gasteiger partial charge < -0.3 is 14.6 Å². The number of amides is 1. The fourth-order valence-corrected chi connectivity index (χ4v) is 2.55. The van der Waals surface area contributed by atoms with E-state index in [-0.39, 0.29) is 5.91 Å². The number of methoxy groups -OCH3 is 1. The zero-order valence-electron chi connectivity index (χ0n) is 12.9. The quantitative estimate of drug-likeness (QED) is 0.891. The lowest BCUT2D eigenvalue weighted by Crippen LogP contribution is -2.35. The molecule has 1 aliphatic rings. The summed E-state index contributed by atoms with van der Waals surface area (Å²) >= 11 is 0. The first-order valence-electron chi connectivity index (χ1n) is 7.59. The normalized spacial score (nSPS) is 15.4. The predicted molar refractivity (Wildman–Crippen MR) is 82.7 cm³/mol. The third-order valence-electron chi connectivity index (χ3n) is 4.07. The van der Waals surface area contributed by atoms with E-state index < -0.39 is 5.41 Å². The summed E-state index contributed by atoms with van der Waals surface area (Å²) in [4.78, 5) is 12.3. The fraction of sp³-hybridized carbons (Fsp3) is 0.412. The maximum Gasteiger partial charge on any atom is 0.232 e. The molecule has 1 heterocycles. The minimum absolute atomic E-state index is 0.0554. The van der Waals surface area contributed by atoms with Crippen LogP contribution in [0.3, 0.4) is 0 Å². The van der Waals surface area contributed by atoms with Gasteiger partial charge in [0.15, 0.2) is 5.76 Å². The van der Waals surface area contributed by atoms with Crippen LogP contribution in [0.25, 0.3) is 11.3 Å². The van der Waals surface area contributed by atoms with Crippen LogP contribution in [-0.2, 0) is 10.2 Å². The molecule has 1 amide bonds. The van der Waals surface area contributed by atoms with Crippen molar-refractivity contribution in [3.8, 4) is 17.1 Å². The molecular weight excluding hydrogens is 280 g/mol. The molecule has 0 spiro atoms. The average molecular weight is 300 g/mol. The SMILES string of the molecule is CCCNC(=O)C1(c2cc(-c3cccc(OC)c3)on2)CC1. The van der Waals surface area contributed by atoms with E-state index in [0.717, 1.165) is 36.3 Å². The molecule has 1 aliphatic carbocycles. The largest absolute Gasteiger partial charge is 0.497 e. The molecule has 0 unspecified atom stereocenters. The van der Waals surface area contributed by atoms with Crippen molar-refractivity contribution in [1.82, 2.24) is 10.5 Å². The number of ether oxygens (including phenoxy) is 1. The Morgan fingerprint density at radius 1 is 1.41 bits per heavy atom. The Balaban J connectivity index is 1.83. The van der Waals surface area contributed by atoms with Gasteiger partial charge in [0.2, 0.25) is 5.91 Å². The lowest BCUT2D eigenvalue weighted by molar-refractivity contribution is -0.123. The molecule has 5 nitrogen and oxygen atoms in total. The third kappa shape index (κ3) is 2.58. The van der Waals surface area contributed by atoms with Crippen LogP contribution in [0.15, 0.2) is 34.9 Å². The number of carbonyl (C=O) groups is 1. The average Bonchev–Trinajstić information content (AvgIpc) is 3.22. The van der Waals surface area contributed by atoms with E-state index in [1.54, 1.807) is 7.11 Å². The Hall–Kier alpha value is -2.30. The Kier molecular flexibility index (Phi) is 3.88. The first-order valence-corrected chi connectivity index (χ1v) is 7.59. The summed E-state index contributed by atoms with van der Waals surface area (Å²) in [5.74, 6) is 1.47. The number of hydrogen-bond acceptors (Lipinski definition) is 4. The zero-order chi connectivity index (χ0) is 15.6. The predicted octanol–water partition coefficient (Wildman–Crippen LogP) is 2.91. The summed E-state index contributed by atoms with van der Waals surface area (Å²) in [6.07, 6.45) is 2.58. The van der Waals surface area contributed by atoms with Crippen molar-refractivity contribution in [1.29, 1.82) is 0 Å². The minimum Gasteiger partial charge on any atom is -0.497 e. The molecule has 22 heavy (non-hydrogen) atoms. The van der Waals surface area contributed by atoms with E-state index in [2.05, 4.69) is 10.5 Å². The lowest BCUT2D eigenvalue weighted by atomic mass is 10.0. The topological polar surface area (TPSA) is 64.4 Å². The van der Waals surface area contributed by atoms with Gasteiger partial charge in [-0.1, -0.05) is 24.2 Å². The smallest absolute Gasteiger partial charge is 0.232 e. The van der Waals surface area contributed by atoms with Crippen molar-refractivity contribution in [3.05, 3.63) is 36.0 Å². The molecule has 2 aromatic rings. The fourth-order valence-electron chi connectivity index (χ4n) is 2.55. The van der Waals surface area contributed by atoms with Crippen molar-refractivity contribution in [2.45, 2.75) is 31.6 Å². The number of nitrogens with one attached hydrogen (secondary N) is 1. The van der Waals surface area contributed by atoms with Crippen molar-refractivity contribution in [2.24, 2.45) is 0 Å². The molecule has 1 aromatic carbocycles. The van der Waals surface area contributed by atoms with Crippen LogP contribution in [0.5, 0.6) is 5.75 Å². The molecule has 1 N–H and O–H groups in total. The van der Waals surface area contributed by atoms with E-state index in [1.165, 1.54) is 0 Å². The molecule has 0 saturated heterocycles. The van der Waals surface area contributed by atoms with Gasteiger partial charge in [-0.2, -0.15) is 0 Å². The van der Waals surface area contributed by atoms with Gasteiger partial charge in [0, 0.05) is 18.2 Å². The second-order valence-corrected chi connectivity index (χ2v) is 5.65. The van der Waals surface area contributed by atoms with E-state index in [9.17, 15) is 4.79 Å². The Labute approximate surface area is 129 Å². The van der Waals surface area contributed by atoms with Gasteiger partial charge in [0.25, 0.3) is 0 Å². The van der Waals surface area contributed by atoms with Crippen molar-refractivity contribution < 1.29 is 14.1 Å². The second kappa shape index (κ2) is 5.83. The monoisotopic (exact) mass is 300 g/mol. The molecular formula is C17H20N2O3. The van der Waals surface area contributed by atoms with Crippen LogP contribution >= 0.6 is 0 Å². The highest BCUT2D eigenvalue weighted by molar-refractivity contribution is 5.91. The minimum atomic E-state index is -0.490. The second-order valence-electron chi connectivity index (χ2n) is 5.65. The van der Waals surface area contributed by atoms with Gasteiger partial charge in [-0.15, -0.1) is 0 Å². The maximum atomic E-state index is 12.3. The number of rotatable bonds is 6. The van der Waals surface area contributed by atoms with Gasteiger partial charge in [-0.3, -0.25) is 4.79 Å². The number of hydrogen-bond donors (Lipinski definition) is 1. The van der Waals surface area contributed by atoms with Gasteiger partial charge in [-0.25, -0.2) is 0 Å². The highest BCUT2D eigenvalue weighted by Crippen LogP contribution is 2.48. The molecule has 0 radical (unpaired) electrons. The first kappa shape index (κ1) is 14.6. The molecule has 0 atom stereocenters. The highest BCUT2D eigenvalue weighted by Gasteiger charge is 2.53. The molecule has 1 fully saturated rings.